The van der Waals surface area contributed by atoms with Gasteiger partial charge in [0.05, 0.1) is 39.6 Å². The molecular weight excluding hydrogens is 546 g/mol. The topological polar surface area (TPSA) is 162 Å². The van der Waals surface area contributed by atoms with E-state index in [0.717, 1.165) is 38.5 Å². The van der Waals surface area contributed by atoms with E-state index in [9.17, 15) is 19.2 Å². The lowest BCUT2D eigenvalue weighted by molar-refractivity contribution is -0.137. The molecule has 0 radical (unpaired) electrons. The molecule has 42 heavy (non-hydrogen) atoms. The second kappa shape index (κ2) is 31.7. The minimum atomic E-state index is -0.711. The van der Waals surface area contributed by atoms with Crippen molar-refractivity contribution >= 4 is 23.7 Å². The van der Waals surface area contributed by atoms with Gasteiger partial charge >= 0.3 is 5.97 Å². The number of ether oxygens (including phenoxy) is 4. The lowest BCUT2D eigenvalue weighted by Gasteiger charge is -2.09. The second-order valence-corrected chi connectivity index (χ2v) is 10.1. The zero-order valence-corrected chi connectivity index (χ0v) is 25.9. The monoisotopic (exact) mass is 603 g/mol. The third-order valence-corrected chi connectivity index (χ3v) is 6.27. The van der Waals surface area contributed by atoms with Gasteiger partial charge in [0.15, 0.2) is 0 Å². The molecular formula is C30H57N3O9. The summed E-state index contributed by atoms with van der Waals surface area (Å²) in [6, 6.07) is 0. The van der Waals surface area contributed by atoms with Crippen molar-refractivity contribution < 1.29 is 43.2 Å². The van der Waals surface area contributed by atoms with Crippen LogP contribution in [0.15, 0.2) is 0 Å². The molecule has 0 rings (SSSR count). The largest absolute Gasteiger partial charge is 0.481 e. The summed E-state index contributed by atoms with van der Waals surface area (Å²) < 4.78 is 21.1. The molecule has 0 saturated carbocycles. The van der Waals surface area contributed by atoms with Gasteiger partial charge in [-0.15, -0.1) is 0 Å². The Hall–Kier alpha value is -2.28. The molecule has 0 bridgehead atoms. The molecule has 12 nitrogen and oxygen atoms in total. The summed E-state index contributed by atoms with van der Waals surface area (Å²) in [5, 5.41) is 17.0. The van der Waals surface area contributed by atoms with E-state index in [2.05, 4.69) is 16.0 Å². The van der Waals surface area contributed by atoms with E-state index in [4.69, 9.17) is 24.1 Å². The normalized spacial score (nSPS) is 10.9. The van der Waals surface area contributed by atoms with E-state index in [1.54, 1.807) is 0 Å². The van der Waals surface area contributed by atoms with Gasteiger partial charge in [-0.3, -0.25) is 19.2 Å². The predicted molar refractivity (Wildman–Crippen MR) is 160 cm³/mol. The first-order chi connectivity index (χ1) is 20.5. The van der Waals surface area contributed by atoms with Crippen molar-refractivity contribution in [1.29, 1.82) is 0 Å². The maximum atomic E-state index is 11.9. The number of carbonyl (C=O) groups excluding carboxylic acids is 3. The van der Waals surface area contributed by atoms with E-state index in [1.165, 1.54) is 25.7 Å². The molecule has 0 spiro atoms. The molecule has 0 aromatic heterocycles. The number of carboxylic acid groups (broad SMARTS) is 1. The SMILES string of the molecule is CCOCCOCCNC(=O)COCCOCCNC(=O)CCCNC(=O)CCCCCCCCCCCCC(=O)O. The maximum Gasteiger partial charge on any atom is 0.303 e. The van der Waals surface area contributed by atoms with Crippen molar-refractivity contribution in [3.63, 3.8) is 0 Å². The first-order valence-electron chi connectivity index (χ1n) is 15.8. The van der Waals surface area contributed by atoms with Crippen molar-refractivity contribution in [2.24, 2.45) is 0 Å². The van der Waals surface area contributed by atoms with Gasteiger partial charge < -0.3 is 40.0 Å². The number of hydrogen-bond acceptors (Lipinski definition) is 8. The van der Waals surface area contributed by atoms with Gasteiger partial charge in [-0.25, -0.2) is 0 Å². The van der Waals surface area contributed by atoms with Gasteiger partial charge in [0.1, 0.15) is 6.61 Å². The van der Waals surface area contributed by atoms with Crippen LogP contribution in [0.5, 0.6) is 0 Å². The highest BCUT2D eigenvalue weighted by Gasteiger charge is 2.04. The van der Waals surface area contributed by atoms with Crippen LogP contribution in [0.3, 0.4) is 0 Å². The third-order valence-electron chi connectivity index (χ3n) is 6.27. The van der Waals surface area contributed by atoms with Gasteiger partial charge in [-0.2, -0.15) is 0 Å². The molecule has 0 aromatic carbocycles. The Kier molecular flexibility index (Phi) is 29.9. The zero-order valence-electron chi connectivity index (χ0n) is 25.9. The fraction of sp³-hybridized carbons (Fsp3) is 0.867. The predicted octanol–water partition coefficient (Wildman–Crippen LogP) is 2.97. The van der Waals surface area contributed by atoms with Crippen molar-refractivity contribution in [2.45, 2.75) is 96.8 Å². The van der Waals surface area contributed by atoms with Gasteiger partial charge in [-0.05, 0) is 26.2 Å². The molecule has 0 unspecified atom stereocenters. The average molecular weight is 604 g/mol. The number of aliphatic carboxylic acids is 1. The molecule has 0 saturated heterocycles. The van der Waals surface area contributed by atoms with Gasteiger partial charge in [-0.1, -0.05) is 51.4 Å². The van der Waals surface area contributed by atoms with E-state index in [1.807, 2.05) is 6.92 Å². The van der Waals surface area contributed by atoms with Gasteiger partial charge in [0, 0.05) is 45.5 Å². The Morgan fingerprint density at radius 1 is 0.476 bits per heavy atom. The number of rotatable bonds is 32. The van der Waals surface area contributed by atoms with Crippen molar-refractivity contribution in [1.82, 2.24) is 16.0 Å². The number of carboxylic acids is 1. The number of nitrogens with one attached hydrogen (secondary N) is 3. The average Bonchev–Trinajstić information content (AvgIpc) is 2.96. The Labute approximate surface area is 252 Å². The molecule has 0 aliphatic heterocycles. The highest BCUT2D eigenvalue weighted by Crippen LogP contribution is 2.12. The summed E-state index contributed by atoms with van der Waals surface area (Å²) in [7, 11) is 0. The van der Waals surface area contributed by atoms with Crippen LogP contribution in [0.4, 0.5) is 0 Å². The van der Waals surface area contributed by atoms with E-state index < -0.39 is 5.97 Å². The van der Waals surface area contributed by atoms with Crippen LogP contribution >= 0.6 is 0 Å². The summed E-state index contributed by atoms with van der Waals surface area (Å²) in [6.45, 7) is 6.26. The molecule has 3 amide bonds. The maximum absolute atomic E-state index is 11.9. The van der Waals surface area contributed by atoms with Crippen molar-refractivity contribution in [3.05, 3.63) is 0 Å². The number of carbonyl (C=O) groups is 4. The van der Waals surface area contributed by atoms with E-state index >= 15 is 0 Å². The quantitative estimate of drug-likeness (QED) is 0.0847. The third kappa shape index (κ3) is 32.2. The van der Waals surface area contributed by atoms with Crippen LogP contribution in [0.25, 0.3) is 0 Å². The van der Waals surface area contributed by atoms with Crippen LogP contribution < -0.4 is 16.0 Å². The Bertz CT molecular complexity index is 680. The number of unbranched alkanes of at least 4 members (excludes halogenated alkanes) is 9. The standard InChI is InChI=1S/C30H57N3O9/c1-2-39-22-23-40-21-19-33-29(36)26-42-25-24-41-20-18-32-28(35)15-13-17-31-27(34)14-11-9-7-5-3-4-6-8-10-12-16-30(37)38/h2-26H2,1H3,(H,31,34)(H,32,35)(H,33,36)(H,37,38). The lowest BCUT2D eigenvalue weighted by Crippen LogP contribution is -2.31. The lowest BCUT2D eigenvalue weighted by atomic mass is 10.1. The molecule has 246 valence electrons. The van der Waals surface area contributed by atoms with Gasteiger partial charge in [0.2, 0.25) is 17.7 Å². The van der Waals surface area contributed by atoms with Crippen molar-refractivity contribution in [2.75, 3.05) is 72.5 Å². The molecule has 0 aliphatic carbocycles. The Balaban J connectivity index is 3.35. The highest BCUT2D eigenvalue weighted by molar-refractivity contribution is 5.77. The highest BCUT2D eigenvalue weighted by atomic mass is 16.5. The molecule has 0 aliphatic rings. The fourth-order valence-corrected chi connectivity index (χ4v) is 3.95. The molecule has 0 fully saturated rings. The Morgan fingerprint density at radius 2 is 0.905 bits per heavy atom. The molecule has 0 aromatic rings. The second-order valence-electron chi connectivity index (χ2n) is 10.1. The van der Waals surface area contributed by atoms with Crippen LogP contribution in [0.2, 0.25) is 0 Å². The number of amides is 3. The summed E-state index contributed by atoms with van der Waals surface area (Å²) in [5.74, 6) is -0.971. The summed E-state index contributed by atoms with van der Waals surface area (Å²) in [6.07, 6.45) is 12.4. The zero-order chi connectivity index (χ0) is 30.9. The van der Waals surface area contributed by atoms with Crippen molar-refractivity contribution in [3.8, 4) is 0 Å². The summed E-state index contributed by atoms with van der Waals surface area (Å²) >= 11 is 0. The van der Waals surface area contributed by atoms with E-state index in [0.29, 0.717) is 78.5 Å². The smallest absolute Gasteiger partial charge is 0.303 e. The first-order valence-corrected chi connectivity index (χ1v) is 15.8. The number of hydrogen-bond donors (Lipinski definition) is 4. The van der Waals surface area contributed by atoms with E-state index in [-0.39, 0.29) is 37.4 Å². The van der Waals surface area contributed by atoms with Crippen LogP contribution in [0, 0.1) is 0 Å². The van der Waals surface area contributed by atoms with Crippen LogP contribution in [-0.4, -0.2) is 101 Å². The van der Waals surface area contributed by atoms with Crippen LogP contribution in [0.1, 0.15) is 96.8 Å². The fourth-order valence-electron chi connectivity index (χ4n) is 3.95. The molecule has 0 heterocycles. The minimum absolute atomic E-state index is 0.0345. The minimum Gasteiger partial charge on any atom is -0.481 e. The van der Waals surface area contributed by atoms with Gasteiger partial charge in [0.25, 0.3) is 0 Å². The first kappa shape index (κ1) is 39.7. The molecule has 12 heteroatoms. The summed E-state index contributed by atoms with van der Waals surface area (Å²) in [5.41, 5.74) is 0. The molecule has 0 atom stereocenters. The molecule has 4 N–H and O–H groups in total. The Morgan fingerprint density at radius 3 is 1.45 bits per heavy atom. The summed E-state index contributed by atoms with van der Waals surface area (Å²) in [4.78, 5) is 45.9. The van der Waals surface area contributed by atoms with Crippen LogP contribution in [-0.2, 0) is 38.1 Å².